The maximum atomic E-state index is 13.6. The van der Waals surface area contributed by atoms with Gasteiger partial charge in [0.2, 0.25) is 0 Å². The van der Waals surface area contributed by atoms with E-state index in [0.29, 0.717) is 39.0 Å². The van der Waals surface area contributed by atoms with Crippen molar-refractivity contribution >= 4 is 17.6 Å². The molecule has 35 heavy (non-hydrogen) atoms. The van der Waals surface area contributed by atoms with Crippen LogP contribution in [0.15, 0.2) is 47.6 Å². The van der Waals surface area contributed by atoms with E-state index in [4.69, 9.17) is 14.6 Å². The zero-order valence-corrected chi connectivity index (χ0v) is 21.1. The maximum Gasteiger partial charge on any atom is 0.309 e. The van der Waals surface area contributed by atoms with Crippen molar-refractivity contribution in [3.05, 3.63) is 64.7 Å². The summed E-state index contributed by atoms with van der Waals surface area (Å²) in [5, 5.41) is 6.52. The van der Waals surface area contributed by atoms with E-state index in [-0.39, 0.29) is 30.4 Å². The van der Waals surface area contributed by atoms with Crippen LogP contribution in [0.25, 0.3) is 0 Å². The number of methoxy groups -OCH3 is 1. The summed E-state index contributed by atoms with van der Waals surface area (Å²) in [5.74, 6) is 0.515. The number of hydrazone groups is 1. The van der Waals surface area contributed by atoms with Gasteiger partial charge in [-0.3, -0.25) is 14.5 Å². The fourth-order valence-electron chi connectivity index (χ4n) is 5.00. The first-order valence-electron chi connectivity index (χ1n) is 12.4. The molecule has 2 heterocycles. The molecule has 1 atom stereocenters. The highest BCUT2D eigenvalue weighted by molar-refractivity contribution is 6.05. The van der Waals surface area contributed by atoms with Crippen molar-refractivity contribution in [1.29, 1.82) is 0 Å². The molecule has 2 aliphatic heterocycles. The number of likely N-dealkylation sites (tertiary alicyclic amines) is 1. The number of rotatable bonds is 7. The number of esters is 1. The molecule has 0 bridgehead atoms. The highest BCUT2D eigenvalue weighted by Gasteiger charge is 2.36. The van der Waals surface area contributed by atoms with E-state index in [1.165, 1.54) is 0 Å². The van der Waals surface area contributed by atoms with E-state index in [9.17, 15) is 9.59 Å². The van der Waals surface area contributed by atoms with Gasteiger partial charge in [0.25, 0.3) is 5.91 Å². The molecule has 0 spiro atoms. The van der Waals surface area contributed by atoms with Crippen LogP contribution in [0, 0.1) is 19.8 Å². The summed E-state index contributed by atoms with van der Waals surface area (Å²) in [4.78, 5) is 27.8. The van der Waals surface area contributed by atoms with Gasteiger partial charge in [-0.1, -0.05) is 35.9 Å². The van der Waals surface area contributed by atoms with E-state index >= 15 is 0 Å². The molecule has 1 amide bonds. The fraction of sp³-hybridized carbons (Fsp3) is 0.464. The van der Waals surface area contributed by atoms with Crippen LogP contribution in [-0.4, -0.2) is 60.8 Å². The van der Waals surface area contributed by atoms with Crippen LogP contribution in [0.4, 0.5) is 0 Å². The number of aryl methyl sites for hydroxylation is 2. The first-order chi connectivity index (χ1) is 16.9. The third kappa shape index (κ3) is 5.56. The Hall–Kier alpha value is -3.19. The molecule has 1 unspecified atom stereocenters. The minimum Gasteiger partial charge on any atom is -0.496 e. The number of para-hydroxylation sites is 1. The van der Waals surface area contributed by atoms with Gasteiger partial charge >= 0.3 is 5.97 Å². The molecule has 1 saturated heterocycles. The molecule has 1 fully saturated rings. The molecule has 2 aliphatic rings. The van der Waals surface area contributed by atoms with E-state index in [0.717, 1.165) is 33.7 Å². The smallest absolute Gasteiger partial charge is 0.309 e. The van der Waals surface area contributed by atoms with Gasteiger partial charge in [0.05, 0.1) is 37.9 Å². The van der Waals surface area contributed by atoms with Crippen LogP contribution < -0.4 is 4.74 Å². The second-order valence-electron chi connectivity index (χ2n) is 9.37. The largest absolute Gasteiger partial charge is 0.496 e. The summed E-state index contributed by atoms with van der Waals surface area (Å²) in [6, 6.07) is 14.0. The molecule has 2 aromatic carbocycles. The SMILES string of the molecule is CCOC(=O)C1CCN(CC(=O)N2N=C(c3ccccc3OC)CC2c2cc(C)ccc2C)CC1. The van der Waals surface area contributed by atoms with E-state index in [2.05, 4.69) is 36.9 Å². The Morgan fingerprint density at radius 3 is 2.54 bits per heavy atom. The maximum absolute atomic E-state index is 13.6. The number of amides is 1. The van der Waals surface area contributed by atoms with Crippen LogP contribution in [0.2, 0.25) is 0 Å². The van der Waals surface area contributed by atoms with Crippen LogP contribution in [0.5, 0.6) is 5.75 Å². The number of carbonyl (C=O) groups excluding carboxylic acids is 2. The number of piperidine rings is 1. The zero-order chi connectivity index (χ0) is 24.9. The molecule has 0 radical (unpaired) electrons. The predicted octanol–water partition coefficient (Wildman–Crippen LogP) is 4.26. The van der Waals surface area contributed by atoms with Gasteiger partial charge in [-0.15, -0.1) is 0 Å². The number of ether oxygens (including phenoxy) is 2. The number of benzene rings is 2. The highest BCUT2D eigenvalue weighted by Crippen LogP contribution is 2.37. The minimum absolute atomic E-state index is 0.0320. The second-order valence-corrected chi connectivity index (χ2v) is 9.37. The van der Waals surface area contributed by atoms with E-state index in [1.54, 1.807) is 12.1 Å². The lowest BCUT2D eigenvalue weighted by Gasteiger charge is -2.32. The standard InChI is InChI=1S/C28H35N3O4/c1-5-35-28(33)21-12-14-30(15-13-21)18-27(32)31-25(23-16-19(2)10-11-20(23)3)17-24(29-31)22-8-6-7-9-26(22)34-4/h6-11,16,21,25H,5,12-15,17-18H2,1-4H3. The lowest BCUT2D eigenvalue weighted by Crippen LogP contribution is -2.43. The van der Waals surface area contributed by atoms with Crippen molar-refractivity contribution in [3.63, 3.8) is 0 Å². The monoisotopic (exact) mass is 477 g/mol. The molecule has 4 rings (SSSR count). The molecule has 2 aromatic rings. The Morgan fingerprint density at radius 1 is 1.09 bits per heavy atom. The van der Waals surface area contributed by atoms with Gasteiger partial charge in [0.15, 0.2) is 0 Å². The topological polar surface area (TPSA) is 71.4 Å². The summed E-state index contributed by atoms with van der Waals surface area (Å²) in [5.41, 5.74) is 5.18. The molecular weight excluding hydrogens is 442 g/mol. The lowest BCUT2D eigenvalue weighted by molar-refractivity contribution is -0.149. The van der Waals surface area contributed by atoms with Crippen LogP contribution in [0.3, 0.4) is 0 Å². The molecule has 0 saturated carbocycles. The summed E-state index contributed by atoms with van der Waals surface area (Å²) in [6.07, 6.45) is 2.05. The average Bonchev–Trinajstić information content (AvgIpc) is 3.31. The Balaban J connectivity index is 1.55. The van der Waals surface area contributed by atoms with Crippen LogP contribution in [0.1, 0.15) is 54.5 Å². The molecule has 186 valence electrons. The van der Waals surface area contributed by atoms with Gasteiger partial charge in [0.1, 0.15) is 5.75 Å². The summed E-state index contributed by atoms with van der Waals surface area (Å²) in [6.45, 7) is 8.05. The third-order valence-electron chi connectivity index (χ3n) is 6.94. The highest BCUT2D eigenvalue weighted by atomic mass is 16.5. The summed E-state index contributed by atoms with van der Waals surface area (Å²) < 4.78 is 10.8. The summed E-state index contributed by atoms with van der Waals surface area (Å²) >= 11 is 0. The van der Waals surface area contributed by atoms with Crippen molar-refractivity contribution in [2.24, 2.45) is 11.0 Å². The van der Waals surface area contributed by atoms with E-state index < -0.39 is 0 Å². The van der Waals surface area contributed by atoms with Crippen LogP contribution in [-0.2, 0) is 14.3 Å². The minimum atomic E-state index is -0.167. The molecule has 0 N–H and O–H groups in total. The number of hydrogen-bond acceptors (Lipinski definition) is 6. The first kappa shape index (κ1) is 24.9. The normalized spacial score (nSPS) is 18.9. The lowest BCUT2D eigenvalue weighted by atomic mass is 9.93. The molecule has 0 aromatic heterocycles. The van der Waals surface area contributed by atoms with Gasteiger partial charge in [-0.25, -0.2) is 5.01 Å². The van der Waals surface area contributed by atoms with Crippen molar-refractivity contribution < 1.29 is 19.1 Å². The van der Waals surface area contributed by atoms with Gasteiger partial charge in [0, 0.05) is 12.0 Å². The predicted molar refractivity (Wildman–Crippen MR) is 135 cm³/mol. The second kappa shape index (κ2) is 11.0. The Labute approximate surface area is 207 Å². The van der Waals surface area contributed by atoms with Gasteiger partial charge in [-0.05, 0) is 70.0 Å². The molecule has 7 nitrogen and oxygen atoms in total. The van der Waals surface area contributed by atoms with Crippen LogP contribution >= 0.6 is 0 Å². The quantitative estimate of drug-likeness (QED) is 0.557. The van der Waals surface area contributed by atoms with Crippen molar-refractivity contribution in [1.82, 2.24) is 9.91 Å². The number of nitrogens with zero attached hydrogens (tertiary/aromatic N) is 3. The van der Waals surface area contributed by atoms with Gasteiger partial charge in [-0.2, -0.15) is 5.10 Å². The Morgan fingerprint density at radius 2 is 1.83 bits per heavy atom. The summed E-state index contributed by atoms with van der Waals surface area (Å²) in [7, 11) is 1.65. The number of hydrogen-bond donors (Lipinski definition) is 0. The van der Waals surface area contributed by atoms with Crippen molar-refractivity contribution in [2.45, 2.75) is 46.1 Å². The van der Waals surface area contributed by atoms with Crippen molar-refractivity contribution in [3.8, 4) is 5.75 Å². The Kier molecular flexibility index (Phi) is 7.86. The first-order valence-corrected chi connectivity index (χ1v) is 12.4. The molecular formula is C28H35N3O4. The zero-order valence-electron chi connectivity index (χ0n) is 21.1. The average molecular weight is 478 g/mol. The van der Waals surface area contributed by atoms with E-state index in [1.807, 2.05) is 31.2 Å². The molecule has 7 heteroatoms. The van der Waals surface area contributed by atoms with Crippen molar-refractivity contribution in [2.75, 3.05) is 33.4 Å². The molecule has 0 aliphatic carbocycles. The number of carbonyl (C=O) groups is 2. The van der Waals surface area contributed by atoms with Gasteiger partial charge < -0.3 is 9.47 Å². The third-order valence-corrected chi connectivity index (χ3v) is 6.94. The fourth-order valence-corrected chi connectivity index (χ4v) is 5.00. The Bertz CT molecular complexity index is 1110.